The summed E-state index contributed by atoms with van der Waals surface area (Å²) >= 11 is 5.93. The smallest absolute Gasteiger partial charge is 0.293 e. The minimum atomic E-state index is -0.423. The Morgan fingerprint density at radius 1 is 1.04 bits per heavy atom. The third-order valence-electron chi connectivity index (χ3n) is 3.59. The SMILES string of the molecule is Fc1ccc(OCc2ccc(-c3nc(-c4ccccc4)no3)o2)c(Cl)c1. The highest BCUT2D eigenvalue weighted by Gasteiger charge is 2.14. The molecule has 2 heterocycles. The normalized spacial score (nSPS) is 10.8. The third kappa shape index (κ3) is 3.45. The van der Waals surface area contributed by atoms with Gasteiger partial charge in [0.1, 0.15) is 23.9 Å². The quantitative estimate of drug-likeness (QED) is 0.472. The predicted molar refractivity (Wildman–Crippen MR) is 93.2 cm³/mol. The van der Waals surface area contributed by atoms with Gasteiger partial charge in [0.25, 0.3) is 5.89 Å². The maximum atomic E-state index is 13.0. The van der Waals surface area contributed by atoms with Gasteiger partial charge in [0.15, 0.2) is 5.76 Å². The van der Waals surface area contributed by atoms with Crippen molar-refractivity contribution in [3.63, 3.8) is 0 Å². The van der Waals surface area contributed by atoms with E-state index in [1.807, 2.05) is 30.3 Å². The maximum absolute atomic E-state index is 13.0. The summed E-state index contributed by atoms with van der Waals surface area (Å²) in [7, 11) is 0. The third-order valence-corrected chi connectivity index (χ3v) is 3.89. The van der Waals surface area contributed by atoms with E-state index in [-0.39, 0.29) is 17.5 Å². The number of benzene rings is 2. The van der Waals surface area contributed by atoms with Crippen LogP contribution in [0.4, 0.5) is 4.39 Å². The van der Waals surface area contributed by atoms with Crippen LogP contribution in [0.5, 0.6) is 5.75 Å². The maximum Gasteiger partial charge on any atom is 0.293 e. The van der Waals surface area contributed by atoms with Crippen LogP contribution in [-0.2, 0) is 6.61 Å². The van der Waals surface area contributed by atoms with Gasteiger partial charge in [0.05, 0.1) is 5.02 Å². The van der Waals surface area contributed by atoms with Gasteiger partial charge in [-0.3, -0.25) is 0 Å². The van der Waals surface area contributed by atoms with Crippen molar-refractivity contribution >= 4 is 11.6 Å². The van der Waals surface area contributed by atoms with Gasteiger partial charge < -0.3 is 13.7 Å². The number of hydrogen-bond acceptors (Lipinski definition) is 5. The minimum Gasteiger partial charge on any atom is -0.484 e. The van der Waals surface area contributed by atoms with Gasteiger partial charge in [-0.1, -0.05) is 47.1 Å². The van der Waals surface area contributed by atoms with Crippen LogP contribution in [0, 0.1) is 5.82 Å². The molecule has 26 heavy (non-hydrogen) atoms. The number of ether oxygens (including phenoxy) is 1. The summed E-state index contributed by atoms with van der Waals surface area (Å²) in [5.74, 6) is 1.68. The first-order chi connectivity index (χ1) is 12.7. The molecule has 0 saturated heterocycles. The molecule has 0 spiro atoms. The van der Waals surface area contributed by atoms with E-state index in [0.717, 1.165) is 5.56 Å². The lowest BCUT2D eigenvalue weighted by atomic mass is 10.2. The molecule has 130 valence electrons. The lowest BCUT2D eigenvalue weighted by Crippen LogP contribution is -1.94. The molecule has 0 aliphatic heterocycles. The fraction of sp³-hybridized carbons (Fsp3) is 0.0526. The van der Waals surface area contributed by atoms with E-state index in [4.69, 9.17) is 25.3 Å². The zero-order valence-electron chi connectivity index (χ0n) is 13.4. The zero-order valence-corrected chi connectivity index (χ0v) is 14.1. The first-order valence-electron chi connectivity index (χ1n) is 7.75. The summed E-state index contributed by atoms with van der Waals surface area (Å²) in [6, 6.07) is 16.9. The van der Waals surface area contributed by atoms with Crippen LogP contribution in [0.15, 0.2) is 69.6 Å². The van der Waals surface area contributed by atoms with Crippen molar-refractivity contribution in [3.8, 4) is 28.8 Å². The van der Waals surface area contributed by atoms with Crippen LogP contribution in [0.25, 0.3) is 23.0 Å². The molecule has 2 aromatic carbocycles. The van der Waals surface area contributed by atoms with Crippen LogP contribution in [-0.4, -0.2) is 10.1 Å². The topological polar surface area (TPSA) is 61.3 Å². The number of halogens is 2. The predicted octanol–water partition coefficient (Wildman–Crippen LogP) is 5.37. The van der Waals surface area contributed by atoms with Crippen LogP contribution >= 0.6 is 11.6 Å². The first kappa shape index (κ1) is 16.4. The zero-order chi connectivity index (χ0) is 17.9. The number of nitrogens with zero attached hydrogens (tertiary/aromatic N) is 2. The second-order valence-corrected chi connectivity index (χ2v) is 5.83. The van der Waals surface area contributed by atoms with Crippen molar-refractivity contribution in [2.75, 3.05) is 0 Å². The molecule has 0 unspecified atom stereocenters. The first-order valence-corrected chi connectivity index (χ1v) is 8.13. The molecule has 0 fully saturated rings. The largest absolute Gasteiger partial charge is 0.484 e. The van der Waals surface area contributed by atoms with Crippen molar-refractivity contribution < 1.29 is 18.1 Å². The lowest BCUT2D eigenvalue weighted by molar-refractivity contribution is 0.270. The van der Waals surface area contributed by atoms with Crippen molar-refractivity contribution in [2.24, 2.45) is 0 Å². The summed E-state index contributed by atoms with van der Waals surface area (Å²) in [6.07, 6.45) is 0. The summed E-state index contributed by atoms with van der Waals surface area (Å²) in [6.45, 7) is 0.130. The number of rotatable bonds is 5. The van der Waals surface area contributed by atoms with Crippen molar-refractivity contribution in [1.29, 1.82) is 0 Å². The standard InChI is InChI=1S/C19H12ClFN2O3/c20-15-10-13(21)6-8-16(15)24-11-14-7-9-17(25-14)19-22-18(23-26-19)12-4-2-1-3-5-12/h1-10H,11H2. The van der Waals surface area contributed by atoms with E-state index in [9.17, 15) is 4.39 Å². The van der Waals surface area contributed by atoms with E-state index in [0.29, 0.717) is 23.1 Å². The molecule has 0 radical (unpaired) electrons. The van der Waals surface area contributed by atoms with Crippen molar-refractivity contribution in [1.82, 2.24) is 10.1 Å². The van der Waals surface area contributed by atoms with Gasteiger partial charge in [-0.25, -0.2) is 4.39 Å². The Morgan fingerprint density at radius 3 is 2.69 bits per heavy atom. The van der Waals surface area contributed by atoms with E-state index < -0.39 is 5.82 Å². The Hall–Kier alpha value is -3.12. The molecule has 0 N–H and O–H groups in total. The minimum absolute atomic E-state index is 0.130. The van der Waals surface area contributed by atoms with Crippen molar-refractivity contribution in [2.45, 2.75) is 6.61 Å². The molecule has 0 amide bonds. The number of aromatic nitrogens is 2. The highest BCUT2D eigenvalue weighted by molar-refractivity contribution is 6.32. The molecular formula is C19H12ClFN2O3. The van der Waals surface area contributed by atoms with Gasteiger partial charge in [-0.05, 0) is 30.3 Å². The second kappa shape index (κ2) is 7.01. The van der Waals surface area contributed by atoms with E-state index in [1.54, 1.807) is 12.1 Å². The second-order valence-electron chi connectivity index (χ2n) is 5.42. The van der Waals surface area contributed by atoms with Gasteiger partial charge in [-0.15, -0.1) is 0 Å². The molecule has 0 atom stereocenters. The van der Waals surface area contributed by atoms with Gasteiger partial charge >= 0.3 is 0 Å². The molecule has 7 heteroatoms. The average Bonchev–Trinajstić information content (AvgIpc) is 3.31. The Labute approximate surface area is 153 Å². The van der Waals surface area contributed by atoms with Crippen LogP contribution in [0.1, 0.15) is 5.76 Å². The number of hydrogen-bond donors (Lipinski definition) is 0. The Kier molecular flexibility index (Phi) is 4.41. The van der Waals surface area contributed by atoms with Crippen LogP contribution < -0.4 is 4.74 Å². The molecular weight excluding hydrogens is 359 g/mol. The molecule has 5 nitrogen and oxygen atoms in total. The van der Waals surface area contributed by atoms with Crippen molar-refractivity contribution in [3.05, 3.63) is 77.3 Å². The molecule has 0 aliphatic carbocycles. The highest BCUT2D eigenvalue weighted by Crippen LogP contribution is 2.27. The fourth-order valence-electron chi connectivity index (χ4n) is 2.34. The fourth-order valence-corrected chi connectivity index (χ4v) is 2.56. The lowest BCUT2D eigenvalue weighted by Gasteiger charge is -2.05. The van der Waals surface area contributed by atoms with E-state index in [1.165, 1.54) is 18.2 Å². The Bertz CT molecular complexity index is 1030. The molecule has 0 saturated carbocycles. The molecule has 4 rings (SSSR count). The highest BCUT2D eigenvalue weighted by atomic mass is 35.5. The summed E-state index contributed by atoms with van der Waals surface area (Å²) in [5, 5.41) is 4.15. The Morgan fingerprint density at radius 2 is 1.88 bits per heavy atom. The summed E-state index contributed by atoms with van der Waals surface area (Å²) in [5.41, 5.74) is 0.851. The summed E-state index contributed by atoms with van der Waals surface area (Å²) in [4.78, 5) is 4.33. The monoisotopic (exact) mass is 370 g/mol. The van der Waals surface area contributed by atoms with Gasteiger partial charge in [0, 0.05) is 5.56 Å². The molecule has 4 aromatic rings. The average molecular weight is 371 g/mol. The Balaban J connectivity index is 1.47. The van der Waals surface area contributed by atoms with E-state index in [2.05, 4.69) is 10.1 Å². The van der Waals surface area contributed by atoms with Gasteiger partial charge in [0.2, 0.25) is 5.82 Å². The van der Waals surface area contributed by atoms with Gasteiger partial charge in [-0.2, -0.15) is 4.98 Å². The summed E-state index contributed by atoms with van der Waals surface area (Å²) < 4.78 is 29.5. The molecule has 0 aliphatic rings. The number of furan rings is 1. The molecule has 0 bridgehead atoms. The molecule has 2 aromatic heterocycles. The van der Waals surface area contributed by atoms with Crippen LogP contribution in [0.3, 0.4) is 0 Å². The van der Waals surface area contributed by atoms with Crippen LogP contribution in [0.2, 0.25) is 5.02 Å². The van der Waals surface area contributed by atoms with E-state index >= 15 is 0 Å².